The number of aromatic nitrogens is 1. The normalized spacial score (nSPS) is 26.2. The first-order valence-corrected chi connectivity index (χ1v) is 11.6. The maximum atomic E-state index is 13.4. The van der Waals surface area contributed by atoms with E-state index in [1.165, 1.54) is 11.3 Å². The lowest BCUT2D eigenvalue weighted by Gasteiger charge is -2.52. The summed E-state index contributed by atoms with van der Waals surface area (Å²) in [5, 5.41) is 14.5. The van der Waals surface area contributed by atoms with Crippen molar-refractivity contribution in [1.29, 1.82) is 0 Å². The molecule has 3 atom stereocenters. The first kappa shape index (κ1) is 19.5. The van der Waals surface area contributed by atoms with Gasteiger partial charge in [0.1, 0.15) is 10.7 Å². The number of aliphatic hydroxyl groups is 1. The van der Waals surface area contributed by atoms with Crippen LogP contribution in [0.5, 0.6) is 0 Å². The zero-order chi connectivity index (χ0) is 20.6. The standard InChI is InChI=1S/C25H26N2O2S/c28-24(21-17-30-23(26-21)18-9-3-1-4-10-18)27-16-15-25(29,19-11-5-2-6-12-19)20-13-7-8-14-22(20)27/h1-6,9-12,17,20,22,29H,7-8,13-16H2. The fourth-order valence-corrected chi connectivity index (χ4v) is 6.05. The van der Waals surface area contributed by atoms with Crippen molar-refractivity contribution in [2.75, 3.05) is 6.54 Å². The summed E-state index contributed by atoms with van der Waals surface area (Å²) in [5.41, 5.74) is 1.68. The molecule has 1 saturated heterocycles. The predicted octanol–water partition coefficient (Wildman–Crippen LogP) is 5.10. The highest BCUT2D eigenvalue weighted by atomic mass is 32.1. The Bertz CT molecular complexity index is 1020. The van der Waals surface area contributed by atoms with Crippen LogP contribution in [0, 0.1) is 5.92 Å². The number of nitrogens with zero attached hydrogens (tertiary/aromatic N) is 2. The van der Waals surface area contributed by atoms with E-state index in [9.17, 15) is 9.90 Å². The van der Waals surface area contributed by atoms with Crippen molar-refractivity contribution in [2.45, 2.75) is 43.7 Å². The van der Waals surface area contributed by atoms with Gasteiger partial charge in [-0.25, -0.2) is 4.98 Å². The van der Waals surface area contributed by atoms with Gasteiger partial charge in [0.15, 0.2) is 0 Å². The van der Waals surface area contributed by atoms with Crippen LogP contribution in [0.2, 0.25) is 0 Å². The highest BCUT2D eigenvalue weighted by Gasteiger charge is 2.50. The summed E-state index contributed by atoms with van der Waals surface area (Å²) in [6.45, 7) is 0.559. The number of fused-ring (bicyclic) bond motifs is 1. The molecule has 2 heterocycles. The Kier molecular flexibility index (Phi) is 5.17. The van der Waals surface area contributed by atoms with E-state index in [2.05, 4.69) is 4.98 Å². The third-order valence-corrected chi connectivity index (χ3v) is 7.65. The van der Waals surface area contributed by atoms with Crippen molar-refractivity contribution in [3.63, 3.8) is 0 Å². The van der Waals surface area contributed by atoms with E-state index >= 15 is 0 Å². The average molecular weight is 419 g/mol. The zero-order valence-corrected chi connectivity index (χ0v) is 17.7. The second kappa shape index (κ2) is 7.97. The Morgan fingerprint density at radius 1 is 1.03 bits per heavy atom. The Hall–Kier alpha value is -2.50. The molecule has 2 aromatic carbocycles. The summed E-state index contributed by atoms with van der Waals surface area (Å²) in [5.74, 6) is 0.0685. The van der Waals surface area contributed by atoms with Crippen molar-refractivity contribution in [2.24, 2.45) is 5.92 Å². The molecule has 4 nitrogen and oxygen atoms in total. The minimum Gasteiger partial charge on any atom is -0.385 e. The lowest BCUT2D eigenvalue weighted by molar-refractivity contribution is -0.110. The number of carbonyl (C=O) groups excluding carboxylic acids is 1. The van der Waals surface area contributed by atoms with E-state index in [1.54, 1.807) is 0 Å². The Balaban J connectivity index is 1.42. The van der Waals surface area contributed by atoms with Crippen LogP contribution in [-0.4, -0.2) is 33.5 Å². The van der Waals surface area contributed by atoms with Crippen LogP contribution in [-0.2, 0) is 5.60 Å². The number of benzene rings is 2. The molecule has 2 aliphatic rings. The monoisotopic (exact) mass is 418 g/mol. The van der Waals surface area contributed by atoms with Crippen LogP contribution >= 0.6 is 11.3 Å². The Labute approximate surface area is 181 Å². The number of likely N-dealkylation sites (tertiary alicyclic amines) is 1. The van der Waals surface area contributed by atoms with Crippen LogP contribution in [0.3, 0.4) is 0 Å². The molecule has 1 N–H and O–H groups in total. The molecular formula is C25H26N2O2S. The molecular weight excluding hydrogens is 392 g/mol. The van der Waals surface area contributed by atoms with Gasteiger partial charge in [0.2, 0.25) is 0 Å². The molecule has 1 aliphatic carbocycles. The maximum absolute atomic E-state index is 13.4. The fraction of sp³-hybridized carbons (Fsp3) is 0.360. The molecule has 1 aromatic heterocycles. The molecule has 0 radical (unpaired) electrons. The molecule has 5 rings (SSSR count). The minimum atomic E-state index is -0.861. The number of piperidine rings is 1. The number of thiazole rings is 1. The van der Waals surface area contributed by atoms with E-state index in [-0.39, 0.29) is 17.9 Å². The number of carbonyl (C=O) groups is 1. The van der Waals surface area contributed by atoms with Gasteiger partial charge in [-0.15, -0.1) is 11.3 Å². The third kappa shape index (κ3) is 3.36. The van der Waals surface area contributed by atoms with Crippen LogP contribution in [0.1, 0.15) is 48.2 Å². The summed E-state index contributed by atoms with van der Waals surface area (Å²) < 4.78 is 0. The van der Waals surface area contributed by atoms with Gasteiger partial charge in [0, 0.05) is 29.4 Å². The minimum absolute atomic E-state index is 0.000410. The van der Waals surface area contributed by atoms with Gasteiger partial charge in [-0.3, -0.25) is 4.79 Å². The molecule has 3 unspecified atom stereocenters. The van der Waals surface area contributed by atoms with E-state index in [0.29, 0.717) is 18.7 Å². The smallest absolute Gasteiger partial charge is 0.273 e. The number of hydrogen-bond acceptors (Lipinski definition) is 4. The largest absolute Gasteiger partial charge is 0.385 e. The summed E-state index contributed by atoms with van der Waals surface area (Å²) in [7, 11) is 0. The second-order valence-corrected chi connectivity index (χ2v) is 9.26. The van der Waals surface area contributed by atoms with E-state index < -0.39 is 5.60 Å². The van der Waals surface area contributed by atoms with Crippen LogP contribution in [0.4, 0.5) is 0 Å². The molecule has 1 amide bonds. The van der Waals surface area contributed by atoms with Crippen molar-refractivity contribution in [3.8, 4) is 10.6 Å². The van der Waals surface area contributed by atoms with Crippen LogP contribution < -0.4 is 0 Å². The molecule has 30 heavy (non-hydrogen) atoms. The topological polar surface area (TPSA) is 53.4 Å². The zero-order valence-electron chi connectivity index (χ0n) is 16.9. The van der Waals surface area contributed by atoms with E-state index in [0.717, 1.165) is 41.8 Å². The Morgan fingerprint density at radius 3 is 2.50 bits per heavy atom. The molecule has 1 aliphatic heterocycles. The van der Waals surface area contributed by atoms with Crippen LogP contribution in [0.15, 0.2) is 66.0 Å². The average Bonchev–Trinajstić information content (AvgIpc) is 3.31. The van der Waals surface area contributed by atoms with Gasteiger partial charge in [-0.05, 0) is 24.8 Å². The summed E-state index contributed by atoms with van der Waals surface area (Å²) >= 11 is 1.51. The summed E-state index contributed by atoms with van der Waals surface area (Å²) in [6, 6.07) is 20.1. The first-order chi connectivity index (χ1) is 14.7. The molecule has 1 saturated carbocycles. The highest BCUT2D eigenvalue weighted by Crippen LogP contribution is 2.47. The van der Waals surface area contributed by atoms with Crippen molar-refractivity contribution < 1.29 is 9.90 Å². The predicted molar refractivity (Wildman–Crippen MR) is 119 cm³/mol. The maximum Gasteiger partial charge on any atom is 0.273 e. The molecule has 2 fully saturated rings. The molecule has 3 aromatic rings. The number of hydrogen-bond donors (Lipinski definition) is 1. The second-order valence-electron chi connectivity index (χ2n) is 8.40. The van der Waals surface area contributed by atoms with Crippen molar-refractivity contribution in [3.05, 3.63) is 77.3 Å². The van der Waals surface area contributed by atoms with E-state index in [4.69, 9.17) is 0 Å². The fourth-order valence-electron chi connectivity index (χ4n) is 5.25. The number of rotatable bonds is 3. The first-order valence-electron chi connectivity index (χ1n) is 10.8. The van der Waals surface area contributed by atoms with Gasteiger partial charge in [-0.2, -0.15) is 0 Å². The number of amides is 1. The molecule has 154 valence electrons. The van der Waals surface area contributed by atoms with Crippen LogP contribution in [0.25, 0.3) is 10.6 Å². The van der Waals surface area contributed by atoms with Gasteiger partial charge in [0.05, 0.1) is 5.60 Å². The van der Waals surface area contributed by atoms with E-state index in [1.807, 2.05) is 70.9 Å². The Morgan fingerprint density at radius 2 is 1.73 bits per heavy atom. The SMILES string of the molecule is O=C(c1csc(-c2ccccc2)n1)N1CCC(O)(c2ccccc2)C2CCCCC21. The van der Waals surface area contributed by atoms with Crippen molar-refractivity contribution in [1.82, 2.24) is 9.88 Å². The van der Waals surface area contributed by atoms with Gasteiger partial charge in [0.25, 0.3) is 5.91 Å². The quantitative estimate of drug-likeness (QED) is 0.644. The van der Waals surface area contributed by atoms with Crippen molar-refractivity contribution >= 4 is 17.2 Å². The molecule has 0 spiro atoms. The summed E-state index contributed by atoms with van der Waals surface area (Å²) in [6.07, 6.45) is 4.67. The molecule has 0 bridgehead atoms. The lowest BCUT2D eigenvalue weighted by atomic mass is 9.66. The lowest BCUT2D eigenvalue weighted by Crippen LogP contribution is -2.59. The van der Waals surface area contributed by atoms with Gasteiger partial charge < -0.3 is 10.0 Å². The molecule has 5 heteroatoms. The highest BCUT2D eigenvalue weighted by molar-refractivity contribution is 7.13. The summed E-state index contributed by atoms with van der Waals surface area (Å²) in [4.78, 5) is 20.1. The van der Waals surface area contributed by atoms with Gasteiger partial charge >= 0.3 is 0 Å². The van der Waals surface area contributed by atoms with Gasteiger partial charge in [-0.1, -0.05) is 73.5 Å². The third-order valence-electron chi connectivity index (χ3n) is 6.76.